The molecule has 2 nitrogen and oxygen atoms in total. The van der Waals surface area contributed by atoms with Gasteiger partial charge in [0.25, 0.3) is 0 Å². The van der Waals surface area contributed by atoms with E-state index in [9.17, 15) is 0 Å². The van der Waals surface area contributed by atoms with Crippen molar-refractivity contribution in [1.29, 1.82) is 0 Å². The lowest BCUT2D eigenvalue weighted by atomic mass is 10.1. The van der Waals surface area contributed by atoms with E-state index in [1.54, 1.807) is 18.4 Å². The number of hydrogen-bond acceptors (Lipinski definition) is 3. The Morgan fingerprint density at radius 2 is 2.06 bits per heavy atom. The summed E-state index contributed by atoms with van der Waals surface area (Å²) in [5.41, 5.74) is 3.40. The summed E-state index contributed by atoms with van der Waals surface area (Å²) in [6.07, 6.45) is 0. The lowest BCUT2D eigenvalue weighted by Crippen LogP contribution is -1.88. The van der Waals surface area contributed by atoms with Gasteiger partial charge in [-0.3, -0.25) is 0 Å². The predicted octanol–water partition coefficient (Wildman–Crippen LogP) is 4.10. The van der Waals surface area contributed by atoms with Gasteiger partial charge in [-0.2, -0.15) is 0 Å². The smallest absolute Gasteiger partial charge is 0.159 e. The van der Waals surface area contributed by atoms with Crippen molar-refractivity contribution in [1.82, 2.24) is 4.98 Å². The molecular formula is C12H13NOS2. The van der Waals surface area contributed by atoms with Gasteiger partial charge in [0.1, 0.15) is 5.75 Å². The first-order valence-corrected chi connectivity index (χ1v) is 6.19. The van der Waals surface area contributed by atoms with Crippen molar-refractivity contribution in [2.75, 3.05) is 7.11 Å². The molecule has 1 N–H and O–H groups in total. The number of methoxy groups -OCH3 is 1. The molecule has 2 aromatic rings. The lowest BCUT2D eigenvalue weighted by molar-refractivity contribution is 0.412. The van der Waals surface area contributed by atoms with Gasteiger partial charge in [0.05, 0.1) is 12.8 Å². The second-order valence-corrected chi connectivity index (χ2v) is 5.52. The van der Waals surface area contributed by atoms with E-state index >= 15 is 0 Å². The number of thiazole rings is 1. The molecule has 0 amide bonds. The van der Waals surface area contributed by atoms with Crippen LogP contribution in [0.2, 0.25) is 0 Å². The third-order valence-electron chi connectivity index (χ3n) is 2.51. The lowest BCUT2D eigenvalue weighted by Gasteiger charge is -2.06. The topological polar surface area (TPSA) is 25.0 Å². The van der Waals surface area contributed by atoms with Crippen LogP contribution in [0.3, 0.4) is 0 Å². The second-order valence-electron chi connectivity index (χ2n) is 3.63. The number of ether oxygens (including phenoxy) is 1. The van der Waals surface area contributed by atoms with E-state index in [0.717, 1.165) is 26.5 Å². The quantitative estimate of drug-likeness (QED) is 0.813. The molecule has 0 atom stereocenters. The first kappa shape index (κ1) is 11.4. The highest BCUT2D eigenvalue weighted by Gasteiger charge is 2.07. The molecule has 0 aliphatic carbocycles. The Morgan fingerprint density at radius 3 is 2.56 bits per heavy atom. The Morgan fingerprint density at radius 1 is 1.31 bits per heavy atom. The maximum Gasteiger partial charge on any atom is 0.159 e. The molecule has 0 saturated carbocycles. The van der Waals surface area contributed by atoms with Gasteiger partial charge in [-0.25, -0.2) is 0 Å². The molecule has 0 unspecified atom stereocenters. The van der Waals surface area contributed by atoms with Gasteiger partial charge >= 0.3 is 0 Å². The predicted molar refractivity (Wildman–Crippen MR) is 71.0 cm³/mol. The van der Waals surface area contributed by atoms with Crippen LogP contribution in [0, 0.1) is 17.8 Å². The van der Waals surface area contributed by atoms with Crippen LogP contribution in [0.25, 0.3) is 11.3 Å². The van der Waals surface area contributed by atoms with E-state index in [4.69, 9.17) is 17.0 Å². The van der Waals surface area contributed by atoms with E-state index in [-0.39, 0.29) is 0 Å². The minimum absolute atomic E-state index is 0.820. The summed E-state index contributed by atoms with van der Waals surface area (Å²) in [6.45, 7) is 4.12. The summed E-state index contributed by atoms with van der Waals surface area (Å²) in [7, 11) is 1.69. The van der Waals surface area contributed by atoms with Crippen LogP contribution in [0.1, 0.15) is 10.4 Å². The zero-order chi connectivity index (χ0) is 11.7. The number of benzene rings is 1. The summed E-state index contributed by atoms with van der Waals surface area (Å²) in [5.74, 6) is 0.912. The number of hydrogen-bond donors (Lipinski definition) is 1. The monoisotopic (exact) mass is 251 g/mol. The van der Waals surface area contributed by atoms with Crippen LogP contribution in [-0.4, -0.2) is 12.1 Å². The van der Waals surface area contributed by atoms with Crippen molar-refractivity contribution >= 4 is 23.6 Å². The molecular weight excluding hydrogens is 238 g/mol. The van der Waals surface area contributed by atoms with Crippen LogP contribution in [0.5, 0.6) is 5.75 Å². The van der Waals surface area contributed by atoms with Crippen LogP contribution >= 0.6 is 23.6 Å². The van der Waals surface area contributed by atoms with Gasteiger partial charge in [0.2, 0.25) is 0 Å². The van der Waals surface area contributed by atoms with Gasteiger partial charge < -0.3 is 9.72 Å². The fraction of sp³-hybridized carbons (Fsp3) is 0.250. The van der Waals surface area contributed by atoms with Crippen LogP contribution in [0.4, 0.5) is 0 Å². The van der Waals surface area contributed by atoms with E-state index < -0.39 is 0 Å². The first-order valence-electron chi connectivity index (χ1n) is 4.96. The zero-order valence-electron chi connectivity index (χ0n) is 9.46. The molecule has 16 heavy (non-hydrogen) atoms. The minimum atomic E-state index is 0.820. The molecule has 1 aromatic heterocycles. The molecule has 0 bridgehead atoms. The minimum Gasteiger partial charge on any atom is -0.496 e. The third-order valence-corrected chi connectivity index (χ3v) is 3.66. The number of H-pyrrole nitrogens is 1. The van der Waals surface area contributed by atoms with Crippen molar-refractivity contribution in [3.8, 4) is 17.0 Å². The highest BCUT2D eigenvalue weighted by molar-refractivity contribution is 7.73. The van der Waals surface area contributed by atoms with Gasteiger partial charge in [-0.05, 0) is 55.4 Å². The molecule has 4 heteroatoms. The third kappa shape index (κ3) is 2.03. The average molecular weight is 251 g/mol. The van der Waals surface area contributed by atoms with Gasteiger partial charge in [-0.15, -0.1) is 11.3 Å². The van der Waals surface area contributed by atoms with Gasteiger partial charge in [0.15, 0.2) is 3.95 Å². The van der Waals surface area contributed by atoms with Crippen molar-refractivity contribution < 1.29 is 4.74 Å². The second kappa shape index (κ2) is 4.39. The summed E-state index contributed by atoms with van der Waals surface area (Å²) in [5, 5.41) is 0. The summed E-state index contributed by atoms with van der Waals surface area (Å²) < 4.78 is 6.06. The molecule has 84 valence electrons. The Labute approximate surface area is 104 Å². The summed E-state index contributed by atoms with van der Waals surface area (Å²) >= 11 is 6.75. The average Bonchev–Trinajstić information content (AvgIpc) is 2.58. The normalized spacial score (nSPS) is 10.4. The maximum absolute atomic E-state index is 5.24. The van der Waals surface area contributed by atoms with Crippen molar-refractivity contribution in [2.24, 2.45) is 0 Å². The van der Waals surface area contributed by atoms with E-state index in [0.29, 0.717) is 0 Å². The fourth-order valence-electron chi connectivity index (χ4n) is 1.72. The molecule has 0 aliphatic heterocycles. The zero-order valence-corrected chi connectivity index (χ0v) is 11.1. The Balaban J connectivity index is 2.53. The highest BCUT2D eigenvalue weighted by atomic mass is 32.1. The number of rotatable bonds is 2. The maximum atomic E-state index is 5.24. The Hall–Kier alpha value is -1.13. The molecule has 0 aliphatic rings. The molecule has 0 fully saturated rings. The molecule has 0 radical (unpaired) electrons. The van der Waals surface area contributed by atoms with Gasteiger partial charge in [0, 0.05) is 4.88 Å². The number of nitrogens with one attached hydrogen (secondary N) is 1. The standard InChI is InChI=1S/C12H13NOS2/c1-7-6-9(4-5-10(7)14-3)11-8(2)16-12(15)13-11/h4-6H,1-3H3,(H,13,15). The van der Waals surface area contributed by atoms with E-state index in [2.05, 4.69) is 18.0 Å². The fourth-order valence-corrected chi connectivity index (χ4v) is 2.89. The Bertz CT molecular complexity index is 569. The molecule has 2 rings (SSSR count). The Kier molecular flexibility index (Phi) is 3.12. The van der Waals surface area contributed by atoms with Crippen LogP contribution in [-0.2, 0) is 0 Å². The molecule has 0 spiro atoms. The number of aryl methyl sites for hydroxylation is 2. The van der Waals surface area contributed by atoms with Gasteiger partial charge in [-0.1, -0.05) is 0 Å². The van der Waals surface area contributed by atoms with Crippen molar-refractivity contribution in [3.63, 3.8) is 0 Å². The SMILES string of the molecule is COc1ccc(-c2[nH]c(=S)sc2C)cc1C. The van der Waals surface area contributed by atoms with Crippen molar-refractivity contribution in [3.05, 3.63) is 32.6 Å². The molecule has 0 saturated heterocycles. The molecule has 1 aromatic carbocycles. The van der Waals surface area contributed by atoms with E-state index in [1.165, 1.54) is 4.88 Å². The van der Waals surface area contributed by atoms with E-state index in [1.807, 2.05) is 19.1 Å². The number of aromatic nitrogens is 1. The van der Waals surface area contributed by atoms with Crippen molar-refractivity contribution in [2.45, 2.75) is 13.8 Å². The number of aromatic amines is 1. The largest absolute Gasteiger partial charge is 0.496 e. The first-order chi connectivity index (χ1) is 7.61. The van der Waals surface area contributed by atoms with Crippen LogP contribution < -0.4 is 4.74 Å². The highest BCUT2D eigenvalue weighted by Crippen LogP contribution is 2.29. The summed E-state index contributed by atoms with van der Waals surface area (Å²) in [6, 6.07) is 6.14. The molecule has 1 heterocycles. The van der Waals surface area contributed by atoms with Crippen LogP contribution in [0.15, 0.2) is 18.2 Å². The summed E-state index contributed by atoms with van der Waals surface area (Å²) in [4.78, 5) is 4.44.